The summed E-state index contributed by atoms with van der Waals surface area (Å²) in [5.74, 6) is -0.550. The van der Waals surface area contributed by atoms with E-state index in [-0.39, 0.29) is 10.9 Å². The smallest absolute Gasteiger partial charge is 0.341 e. The minimum atomic E-state index is -1.26. The predicted octanol–water partition coefficient (Wildman–Crippen LogP) is 4.10. The van der Waals surface area contributed by atoms with Crippen molar-refractivity contribution in [3.8, 4) is 22.3 Å². The Morgan fingerprint density at radius 3 is 2.70 bits per heavy atom. The highest BCUT2D eigenvalue weighted by molar-refractivity contribution is 6.31. The Kier molecular flexibility index (Phi) is 5.66. The first kappa shape index (κ1) is 25.0. The molecule has 9 nitrogen and oxygen atoms in total. The number of likely N-dealkylation sites (tertiary alicyclic amines) is 1. The van der Waals surface area contributed by atoms with Crippen molar-refractivity contribution in [1.82, 2.24) is 19.4 Å². The van der Waals surface area contributed by atoms with Crippen LogP contribution >= 0.6 is 11.6 Å². The summed E-state index contributed by atoms with van der Waals surface area (Å²) in [6.45, 7) is 2.94. The van der Waals surface area contributed by atoms with Crippen molar-refractivity contribution >= 4 is 40.0 Å². The summed E-state index contributed by atoms with van der Waals surface area (Å²) in [4.78, 5) is 39.4. The van der Waals surface area contributed by atoms with Crippen LogP contribution in [0.5, 0.6) is 0 Å². The highest BCUT2D eigenvalue weighted by Gasteiger charge is 2.42. The van der Waals surface area contributed by atoms with Gasteiger partial charge in [-0.15, -0.1) is 0 Å². The number of carboxylic acid groups (broad SMARTS) is 1. The van der Waals surface area contributed by atoms with E-state index in [2.05, 4.69) is 27.1 Å². The van der Waals surface area contributed by atoms with Crippen LogP contribution in [-0.4, -0.2) is 70.3 Å². The zero-order valence-corrected chi connectivity index (χ0v) is 23.3. The molecule has 2 fully saturated rings. The molecule has 0 saturated carbocycles. The van der Waals surface area contributed by atoms with Gasteiger partial charge in [-0.3, -0.25) is 9.78 Å². The van der Waals surface area contributed by atoms with Crippen LogP contribution in [0.4, 0.5) is 11.4 Å². The third kappa shape index (κ3) is 3.64. The lowest BCUT2D eigenvalue weighted by Crippen LogP contribution is -2.62. The molecule has 0 amide bonds. The van der Waals surface area contributed by atoms with E-state index in [0.717, 1.165) is 65.4 Å². The number of aromatic carboxylic acids is 1. The average Bonchev–Trinajstić information content (AvgIpc) is 3.31. The molecule has 10 heteroatoms. The van der Waals surface area contributed by atoms with E-state index in [4.69, 9.17) is 16.6 Å². The van der Waals surface area contributed by atoms with Gasteiger partial charge in [-0.05, 0) is 48.7 Å². The normalized spacial score (nSPS) is 19.6. The van der Waals surface area contributed by atoms with E-state index >= 15 is 0 Å². The molecule has 3 aliphatic rings. The summed E-state index contributed by atoms with van der Waals surface area (Å²) in [6, 6.07) is 6.22. The molecule has 0 radical (unpaired) electrons. The summed E-state index contributed by atoms with van der Waals surface area (Å²) >= 11 is 6.60. The van der Waals surface area contributed by atoms with Gasteiger partial charge in [0.15, 0.2) is 0 Å². The number of fused-ring (bicyclic) bond motifs is 5. The van der Waals surface area contributed by atoms with Crippen LogP contribution in [0.25, 0.3) is 33.3 Å². The van der Waals surface area contributed by atoms with Crippen molar-refractivity contribution in [2.45, 2.75) is 18.9 Å². The molecule has 1 aromatic carbocycles. The molecule has 2 N–H and O–H groups in total. The number of carboxylic acids is 1. The monoisotopic (exact) mass is 556 g/mol. The second-order valence-electron chi connectivity index (χ2n) is 11.1. The molecular weight excluding hydrogens is 528 g/mol. The Balaban J connectivity index is 1.48. The van der Waals surface area contributed by atoms with Gasteiger partial charge in [-0.25, -0.2) is 9.78 Å². The minimum absolute atomic E-state index is 0.268. The zero-order chi connectivity index (χ0) is 27.9. The van der Waals surface area contributed by atoms with Gasteiger partial charge in [0, 0.05) is 92.2 Å². The lowest BCUT2D eigenvalue weighted by Gasteiger charge is -2.53. The van der Waals surface area contributed by atoms with Crippen molar-refractivity contribution in [1.29, 1.82) is 0 Å². The number of aryl methyl sites for hydroxylation is 1. The van der Waals surface area contributed by atoms with E-state index in [1.165, 1.54) is 11.8 Å². The number of nitrogens with zero attached hydrogens (tertiary/aromatic N) is 5. The van der Waals surface area contributed by atoms with Crippen molar-refractivity contribution in [3.05, 3.63) is 68.9 Å². The van der Waals surface area contributed by atoms with E-state index < -0.39 is 11.4 Å². The Labute approximate surface area is 236 Å². The largest absolute Gasteiger partial charge is 0.477 e. The highest BCUT2D eigenvalue weighted by Crippen LogP contribution is 2.50. The number of halogens is 1. The molecule has 1 aliphatic carbocycles. The Morgan fingerprint density at radius 1 is 1.12 bits per heavy atom. The van der Waals surface area contributed by atoms with Gasteiger partial charge in [-0.2, -0.15) is 0 Å². The number of pyridine rings is 3. The van der Waals surface area contributed by atoms with Gasteiger partial charge in [0.1, 0.15) is 11.2 Å². The fourth-order valence-corrected chi connectivity index (χ4v) is 7.08. The number of aromatic nitrogens is 3. The molecule has 204 valence electrons. The second kappa shape index (κ2) is 9.04. The number of hydrogen-bond donors (Lipinski definition) is 2. The van der Waals surface area contributed by atoms with Crippen LogP contribution in [-0.2, 0) is 13.5 Å². The highest BCUT2D eigenvalue weighted by atomic mass is 35.5. The molecule has 7 rings (SSSR count). The molecule has 0 bridgehead atoms. The van der Waals surface area contributed by atoms with Crippen molar-refractivity contribution in [2.24, 2.45) is 13.0 Å². The SMILES string of the molecule is CNc1cc(Cl)cc2c1Cc1ncc(-c3cnc4c(c3)c(=O)c(C(=O)O)cn4C)c(N3CC[C@H]4CN(C)C4C3)c1-2. The van der Waals surface area contributed by atoms with Crippen LogP contribution in [0.15, 0.2) is 41.6 Å². The van der Waals surface area contributed by atoms with Crippen LogP contribution in [0, 0.1) is 5.92 Å². The molecule has 2 saturated heterocycles. The summed E-state index contributed by atoms with van der Waals surface area (Å²) in [7, 11) is 5.78. The molecule has 2 aliphatic heterocycles. The third-order valence-electron chi connectivity index (χ3n) is 8.91. The van der Waals surface area contributed by atoms with Crippen molar-refractivity contribution < 1.29 is 9.90 Å². The second-order valence-corrected chi connectivity index (χ2v) is 11.6. The van der Waals surface area contributed by atoms with Gasteiger partial charge in [-0.1, -0.05) is 11.6 Å². The quantitative estimate of drug-likeness (QED) is 0.341. The standard InChI is InChI=1S/C30H29ClN6O3/c1-32-23-8-17(31)7-19-18(23)9-24-26(19)27(37-5-4-15-12-35(2)25(15)14-37)21(11-33-24)16-6-20-28(38)22(30(39)40)13-36(3)29(20)34-10-16/h6-8,10-11,13,15,25,32H,4-5,9,12,14H2,1-3H3,(H,39,40)/t15-,25?/m0/s1. The fourth-order valence-electron chi connectivity index (χ4n) is 6.86. The van der Waals surface area contributed by atoms with Crippen molar-refractivity contribution in [2.75, 3.05) is 43.9 Å². The maximum absolute atomic E-state index is 13.2. The van der Waals surface area contributed by atoms with Gasteiger partial charge in [0.25, 0.3) is 0 Å². The topological polar surface area (TPSA) is 104 Å². The van der Waals surface area contributed by atoms with Crippen LogP contribution in [0.2, 0.25) is 5.02 Å². The number of nitrogens with one attached hydrogen (secondary N) is 1. The van der Waals surface area contributed by atoms with Gasteiger partial charge >= 0.3 is 5.97 Å². The van der Waals surface area contributed by atoms with Crippen LogP contribution < -0.4 is 15.6 Å². The van der Waals surface area contributed by atoms with Gasteiger partial charge in [0.2, 0.25) is 5.43 Å². The first-order chi connectivity index (χ1) is 19.2. The Morgan fingerprint density at radius 2 is 1.95 bits per heavy atom. The maximum Gasteiger partial charge on any atom is 0.341 e. The molecule has 2 atom stereocenters. The van der Waals surface area contributed by atoms with Crippen LogP contribution in [0.3, 0.4) is 0 Å². The van der Waals surface area contributed by atoms with Crippen LogP contribution in [0.1, 0.15) is 28.0 Å². The number of benzene rings is 1. The molecular formula is C30H29ClN6O3. The maximum atomic E-state index is 13.2. The lowest BCUT2D eigenvalue weighted by atomic mass is 9.82. The summed E-state index contributed by atoms with van der Waals surface area (Å²) in [6.07, 6.45) is 6.76. The van der Waals surface area contributed by atoms with E-state index in [1.54, 1.807) is 23.9 Å². The molecule has 3 aromatic heterocycles. The van der Waals surface area contributed by atoms with E-state index in [0.29, 0.717) is 29.1 Å². The Hall–Kier alpha value is -3.95. The summed E-state index contributed by atoms with van der Waals surface area (Å²) in [5, 5.41) is 13.8. The number of likely N-dealkylation sites (N-methyl/N-ethyl adjacent to an activating group) is 1. The third-order valence-corrected chi connectivity index (χ3v) is 9.13. The number of hydrogen-bond acceptors (Lipinski definition) is 7. The fraction of sp³-hybridized carbons (Fsp3) is 0.333. The number of piperidine rings is 1. The summed E-state index contributed by atoms with van der Waals surface area (Å²) in [5.41, 5.74) is 7.56. The Bertz CT molecular complexity index is 1800. The molecule has 1 unspecified atom stereocenters. The molecule has 4 aromatic rings. The molecule has 40 heavy (non-hydrogen) atoms. The number of anilines is 2. The predicted molar refractivity (Wildman–Crippen MR) is 157 cm³/mol. The van der Waals surface area contributed by atoms with Gasteiger partial charge in [0.05, 0.1) is 16.8 Å². The first-order valence-corrected chi connectivity index (χ1v) is 13.8. The molecule has 0 spiro atoms. The number of rotatable bonds is 4. The van der Waals surface area contributed by atoms with E-state index in [1.807, 2.05) is 25.4 Å². The van der Waals surface area contributed by atoms with Crippen molar-refractivity contribution in [3.63, 3.8) is 0 Å². The minimum Gasteiger partial charge on any atom is -0.477 e. The first-order valence-electron chi connectivity index (χ1n) is 13.5. The lowest BCUT2D eigenvalue weighted by molar-refractivity contribution is 0.0280. The summed E-state index contributed by atoms with van der Waals surface area (Å²) < 4.78 is 1.58. The van der Waals surface area contributed by atoms with E-state index in [9.17, 15) is 14.7 Å². The average molecular weight is 557 g/mol. The van der Waals surface area contributed by atoms with Gasteiger partial charge < -0.3 is 24.8 Å². The number of carbonyl (C=O) groups is 1. The molecule has 5 heterocycles. The zero-order valence-electron chi connectivity index (χ0n) is 22.5.